The normalized spacial score (nSPS) is 19.3. The molecule has 1 aromatic rings. The van der Waals surface area contributed by atoms with E-state index >= 15 is 0 Å². The monoisotopic (exact) mass is 206 g/mol. The molecule has 0 bridgehead atoms. The molecule has 82 valence electrons. The van der Waals surface area contributed by atoms with Crippen LogP contribution in [-0.2, 0) is 0 Å². The lowest BCUT2D eigenvalue weighted by Crippen LogP contribution is -2.28. The minimum absolute atomic E-state index is 0.0967. The SMILES string of the molecule is CC(N)c1cccn(C2CCCC2)c1=O. The molecule has 1 aliphatic rings. The van der Waals surface area contributed by atoms with Crippen molar-refractivity contribution < 1.29 is 0 Å². The van der Waals surface area contributed by atoms with Gasteiger partial charge in [0.1, 0.15) is 0 Å². The van der Waals surface area contributed by atoms with Gasteiger partial charge in [0.25, 0.3) is 5.56 Å². The number of hydrogen-bond acceptors (Lipinski definition) is 2. The molecule has 1 heterocycles. The van der Waals surface area contributed by atoms with Crippen LogP contribution in [0, 0.1) is 0 Å². The molecule has 0 saturated heterocycles. The molecule has 2 rings (SSSR count). The second kappa shape index (κ2) is 4.19. The van der Waals surface area contributed by atoms with Gasteiger partial charge in [-0.2, -0.15) is 0 Å². The Morgan fingerprint density at radius 2 is 2.13 bits per heavy atom. The highest BCUT2D eigenvalue weighted by Crippen LogP contribution is 2.28. The number of pyridine rings is 1. The van der Waals surface area contributed by atoms with Crippen LogP contribution >= 0.6 is 0 Å². The summed E-state index contributed by atoms with van der Waals surface area (Å²) >= 11 is 0. The fourth-order valence-corrected chi connectivity index (χ4v) is 2.34. The van der Waals surface area contributed by atoms with E-state index in [9.17, 15) is 4.79 Å². The van der Waals surface area contributed by atoms with Crippen LogP contribution in [0.5, 0.6) is 0 Å². The van der Waals surface area contributed by atoms with E-state index < -0.39 is 0 Å². The zero-order valence-electron chi connectivity index (χ0n) is 9.15. The van der Waals surface area contributed by atoms with Crippen LogP contribution in [0.1, 0.15) is 50.3 Å². The van der Waals surface area contributed by atoms with E-state index in [2.05, 4.69) is 0 Å². The average molecular weight is 206 g/mol. The summed E-state index contributed by atoms with van der Waals surface area (Å²) in [6, 6.07) is 3.99. The Balaban J connectivity index is 2.39. The van der Waals surface area contributed by atoms with Crippen molar-refractivity contribution >= 4 is 0 Å². The van der Waals surface area contributed by atoms with Crippen molar-refractivity contribution in [3.63, 3.8) is 0 Å². The molecule has 0 aliphatic heterocycles. The van der Waals surface area contributed by atoms with E-state index in [0.29, 0.717) is 6.04 Å². The van der Waals surface area contributed by atoms with Crippen molar-refractivity contribution in [2.45, 2.75) is 44.7 Å². The van der Waals surface area contributed by atoms with Crippen molar-refractivity contribution in [1.29, 1.82) is 0 Å². The van der Waals surface area contributed by atoms with Crippen molar-refractivity contribution in [3.8, 4) is 0 Å². The molecule has 1 atom stereocenters. The van der Waals surface area contributed by atoms with Gasteiger partial charge in [0.05, 0.1) is 0 Å². The van der Waals surface area contributed by atoms with Gasteiger partial charge < -0.3 is 10.3 Å². The fourth-order valence-electron chi connectivity index (χ4n) is 2.34. The Hall–Kier alpha value is -1.09. The quantitative estimate of drug-likeness (QED) is 0.804. The first kappa shape index (κ1) is 10.4. The van der Waals surface area contributed by atoms with Gasteiger partial charge in [-0.1, -0.05) is 18.9 Å². The van der Waals surface area contributed by atoms with E-state index in [1.165, 1.54) is 12.8 Å². The Bertz CT molecular complexity index is 389. The maximum atomic E-state index is 12.1. The molecule has 1 aromatic heterocycles. The molecule has 1 unspecified atom stereocenters. The van der Waals surface area contributed by atoms with Crippen LogP contribution in [0.2, 0.25) is 0 Å². The maximum Gasteiger partial charge on any atom is 0.255 e. The van der Waals surface area contributed by atoms with Crippen molar-refractivity contribution in [2.75, 3.05) is 0 Å². The molecule has 3 heteroatoms. The molecule has 15 heavy (non-hydrogen) atoms. The molecule has 3 nitrogen and oxygen atoms in total. The third-order valence-electron chi connectivity index (χ3n) is 3.21. The topological polar surface area (TPSA) is 48.0 Å². The summed E-state index contributed by atoms with van der Waals surface area (Å²) in [5, 5.41) is 0. The largest absolute Gasteiger partial charge is 0.324 e. The first-order valence-corrected chi connectivity index (χ1v) is 5.67. The number of rotatable bonds is 2. The summed E-state index contributed by atoms with van der Waals surface area (Å²) in [4.78, 5) is 12.1. The summed E-state index contributed by atoms with van der Waals surface area (Å²) in [5.74, 6) is 0. The Labute approximate surface area is 89.9 Å². The second-order valence-corrected chi connectivity index (χ2v) is 4.40. The van der Waals surface area contributed by atoms with Gasteiger partial charge in [-0.25, -0.2) is 0 Å². The lowest BCUT2D eigenvalue weighted by atomic mass is 10.1. The van der Waals surface area contributed by atoms with Gasteiger partial charge in [0.15, 0.2) is 0 Å². The first-order chi connectivity index (χ1) is 7.20. The Morgan fingerprint density at radius 3 is 2.73 bits per heavy atom. The number of nitrogens with zero attached hydrogens (tertiary/aromatic N) is 1. The summed E-state index contributed by atoms with van der Waals surface area (Å²) in [6.07, 6.45) is 6.62. The highest BCUT2D eigenvalue weighted by Gasteiger charge is 2.19. The van der Waals surface area contributed by atoms with Gasteiger partial charge >= 0.3 is 0 Å². The highest BCUT2D eigenvalue weighted by atomic mass is 16.1. The van der Waals surface area contributed by atoms with Crippen LogP contribution < -0.4 is 11.3 Å². The average Bonchev–Trinajstić information content (AvgIpc) is 2.70. The van der Waals surface area contributed by atoms with Crippen LogP contribution in [0.15, 0.2) is 23.1 Å². The lowest BCUT2D eigenvalue weighted by Gasteiger charge is -2.15. The minimum atomic E-state index is -0.175. The fraction of sp³-hybridized carbons (Fsp3) is 0.583. The van der Waals surface area contributed by atoms with Gasteiger partial charge in [0.2, 0.25) is 0 Å². The molecule has 0 spiro atoms. The van der Waals surface area contributed by atoms with Crippen LogP contribution in [0.4, 0.5) is 0 Å². The van der Waals surface area contributed by atoms with Crippen LogP contribution in [0.3, 0.4) is 0 Å². The summed E-state index contributed by atoms with van der Waals surface area (Å²) in [6.45, 7) is 1.86. The zero-order chi connectivity index (χ0) is 10.8. The van der Waals surface area contributed by atoms with Gasteiger partial charge in [0, 0.05) is 23.8 Å². The Morgan fingerprint density at radius 1 is 1.47 bits per heavy atom. The van der Waals surface area contributed by atoms with E-state index in [4.69, 9.17) is 5.73 Å². The van der Waals surface area contributed by atoms with Crippen molar-refractivity contribution in [1.82, 2.24) is 4.57 Å². The van der Waals surface area contributed by atoms with E-state index in [0.717, 1.165) is 18.4 Å². The van der Waals surface area contributed by atoms with Gasteiger partial charge in [-0.3, -0.25) is 4.79 Å². The lowest BCUT2D eigenvalue weighted by molar-refractivity contribution is 0.497. The molecule has 1 saturated carbocycles. The molecule has 0 aromatic carbocycles. The molecular formula is C12H18N2O. The summed E-state index contributed by atoms with van der Waals surface area (Å²) < 4.78 is 1.87. The van der Waals surface area contributed by atoms with Crippen LogP contribution in [-0.4, -0.2) is 4.57 Å². The van der Waals surface area contributed by atoms with E-state index in [1.807, 2.05) is 29.8 Å². The smallest absolute Gasteiger partial charge is 0.255 e. The molecule has 2 N–H and O–H groups in total. The first-order valence-electron chi connectivity index (χ1n) is 5.67. The molecular weight excluding hydrogens is 188 g/mol. The minimum Gasteiger partial charge on any atom is -0.324 e. The highest BCUT2D eigenvalue weighted by molar-refractivity contribution is 5.14. The third-order valence-corrected chi connectivity index (χ3v) is 3.21. The van der Waals surface area contributed by atoms with Gasteiger partial charge in [-0.05, 0) is 25.8 Å². The second-order valence-electron chi connectivity index (χ2n) is 4.40. The summed E-state index contributed by atoms with van der Waals surface area (Å²) in [5.41, 5.74) is 6.59. The number of nitrogens with two attached hydrogens (primary N) is 1. The number of hydrogen-bond donors (Lipinski definition) is 1. The van der Waals surface area contributed by atoms with Crippen molar-refractivity contribution in [3.05, 3.63) is 34.2 Å². The summed E-state index contributed by atoms with van der Waals surface area (Å²) in [7, 11) is 0. The van der Waals surface area contributed by atoms with Gasteiger partial charge in [-0.15, -0.1) is 0 Å². The molecule has 1 fully saturated rings. The van der Waals surface area contributed by atoms with Crippen LogP contribution in [0.25, 0.3) is 0 Å². The number of aromatic nitrogens is 1. The predicted octanol–water partition coefficient (Wildman–Crippen LogP) is 1.98. The zero-order valence-corrected chi connectivity index (χ0v) is 9.15. The maximum absolute atomic E-state index is 12.1. The van der Waals surface area contributed by atoms with E-state index in [-0.39, 0.29) is 11.6 Å². The third kappa shape index (κ3) is 1.97. The predicted molar refractivity (Wildman–Crippen MR) is 60.8 cm³/mol. The standard InChI is InChI=1S/C12H18N2O/c1-9(13)11-7-4-8-14(12(11)15)10-5-2-3-6-10/h4,7-10H,2-3,5-6,13H2,1H3. The van der Waals surface area contributed by atoms with E-state index in [1.54, 1.807) is 0 Å². The molecule has 1 aliphatic carbocycles. The molecule has 0 amide bonds. The molecule has 0 radical (unpaired) electrons. The van der Waals surface area contributed by atoms with Crippen molar-refractivity contribution in [2.24, 2.45) is 5.73 Å². The Kier molecular flexibility index (Phi) is 2.91.